The van der Waals surface area contributed by atoms with Crippen molar-refractivity contribution in [3.63, 3.8) is 0 Å². The van der Waals surface area contributed by atoms with E-state index in [1.54, 1.807) is 21.6 Å². The van der Waals surface area contributed by atoms with E-state index < -0.39 is 5.60 Å². The lowest BCUT2D eigenvalue weighted by molar-refractivity contribution is -0.0102. The van der Waals surface area contributed by atoms with Gasteiger partial charge in [0.15, 0.2) is 11.5 Å². The van der Waals surface area contributed by atoms with Crippen LogP contribution >= 0.6 is 0 Å². The molecule has 10 nitrogen and oxygen atoms in total. The minimum absolute atomic E-state index is 0.113. The van der Waals surface area contributed by atoms with Gasteiger partial charge in [0.2, 0.25) is 5.95 Å². The Kier molecular flexibility index (Phi) is 6.48. The number of nitrogens with one attached hydrogen (secondary N) is 1. The number of hydrogen-bond acceptors (Lipinski definition) is 8. The highest BCUT2D eigenvalue weighted by atomic mass is 16.3. The van der Waals surface area contributed by atoms with E-state index in [1.807, 2.05) is 19.1 Å². The summed E-state index contributed by atoms with van der Waals surface area (Å²) in [6, 6.07) is 12.4. The van der Waals surface area contributed by atoms with Gasteiger partial charge in [-0.05, 0) is 113 Å². The van der Waals surface area contributed by atoms with E-state index in [1.165, 1.54) is 44.5 Å². The van der Waals surface area contributed by atoms with E-state index >= 15 is 0 Å². The number of pyridine rings is 1. The third-order valence-electron chi connectivity index (χ3n) is 11.4. The summed E-state index contributed by atoms with van der Waals surface area (Å²) in [4.78, 5) is 32.7. The molecule has 45 heavy (non-hydrogen) atoms. The number of hydrogen-bond donors (Lipinski definition) is 2. The standard InChI is InChI=1S/C35H42N8O2/c1-4-17-42-31(44)27-23-36-32(39-30(27)43(42)28-10-5-24-22-35(11-12-35)33(2,45)29(24)38-28)37-25-6-8-26(9-7-25)41-20-15-34(16-21-41)13-18-40(3)19-14-34/h4-10,23,45H,1,11-22H2,2-3H3,(H,36,37,39)/t33-/m1/s1. The summed E-state index contributed by atoms with van der Waals surface area (Å²) in [7, 11) is 2.23. The molecular formula is C35H42N8O2. The van der Waals surface area contributed by atoms with Crippen LogP contribution in [0.15, 0.2) is 60.0 Å². The molecule has 10 heteroatoms. The summed E-state index contributed by atoms with van der Waals surface area (Å²) < 4.78 is 3.31. The van der Waals surface area contributed by atoms with E-state index in [0.717, 1.165) is 43.6 Å². The molecule has 0 bridgehead atoms. The Morgan fingerprint density at radius 3 is 2.38 bits per heavy atom. The summed E-state index contributed by atoms with van der Waals surface area (Å²) >= 11 is 0. The fraction of sp³-hybridized carbons (Fsp3) is 0.486. The number of allylic oxidation sites excluding steroid dienone is 1. The maximum absolute atomic E-state index is 13.5. The number of anilines is 3. The van der Waals surface area contributed by atoms with Crippen LogP contribution in [0.3, 0.4) is 0 Å². The monoisotopic (exact) mass is 606 g/mol. The number of fused-ring (bicyclic) bond motifs is 2. The molecule has 4 aliphatic rings. The van der Waals surface area contributed by atoms with E-state index in [4.69, 9.17) is 9.97 Å². The molecule has 0 radical (unpaired) electrons. The van der Waals surface area contributed by atoms with Gasteiger partial charge in [-0.25, -0.2) is 19.3 Å². The highest BCUT2D eigenvalue weighted by molar-refractivity contribution is 5.77. The topological polar surface area (TPSA) is 104 Å². The molecule has 2 N–H and O–H groups in total. The van der Waals surface area contributed by atoms with Crippen molar-refractivity contribution in [3.8, 4) is 5.82 Å². The van der Waals surface area contributed by atoms with Crippen molar-refractivity contribution in [1.82, 2.24) is 29.2 Å². The number of likely N-dealkylation sites (tertiary alicyclic amines) is 1. The maximum atomic E-state index is 13.5. The first kappa shape index (κ1) is 28.5. The van der Waals surface area contributed by atoms with Crippen LogP contribution in [0.1, 0.15) is 56.7 Å². The van der Waals surface area contributed by atoms with E-state index in [9.17, 15) is 9.90 Å². The molecule has 3 fully saturated rings. The molecule has 1 aromatic carbocycles. The minimum Gasteiger partial charge on any atom is -0.383 e. The molecule has 5 heterocycles. The lowest BCUT2D eigenvalue weighted by atomic mass is 9.71. The SMILES string of the molecule is C=CCn1c(=O)c2cnc(Nc3ccc(N4CCC5(CCN(C)CC5)CC4)cc3)nc2n1-c1ccc2c(n1)[C@@](C)(O)C1(CC1)C2. The number of benzene rings is 1. The van der Waals surface area contributed by atoms with Crippen molar-refractivity contribution in [2.75, 3.05) is 43.4 Å². The van der Waals surface area contributed by atoms with Gasteiger partial charge in [0, 0.05) is 36.1 Å². The number of rotatable bonds is 6. The average molecular weight is 607 g/mol. The van der Waals surface area contributed by atoms with Crippen LogP contribution in [-0.4, -0.2) is 67.5 Å². The van der Waals surface area contributed by atoms with Gasteiger partial charge in [0.05, 0.1) is 12.2 Å². The lowest BCUT2D eigenvalue weighted by Gasteiger charge is -2.46. The second-order valence-electron chi connectivity index (χ2n) is 14.1. The molecule has 8 rings (SSSR count). The number of nitrogens with zero attached hydrogens (tertiary/aromatic N) is 7. The Bertz CT molecular complexity index is 1830. The Labute approximate surface area is 263 Å². The molecule has 2 spiro atoms. The zero-order valence-electron chi connectivity index (χ0n) is 26.3. The van der Waals surface area contributed by atoms with Crippen LogP contribution < -0.4 is 15.8 Å². The predicted molar refractivity (Wildman–Crippen MR) is 176 cm³/mol. The van der Waals surface area contributed by atoms with Gasteiger partial charge >= 0.3 is 0 Å². The zero-order chi connectivity index (χ0) is 31.0. The summed E-state index contributed by atoms with van der Waals surface area (Å²) in [6.45, 7) is 10.7. The number of aliphatic hydroxyl groups is 1. The largest absolute Gasteiger partial charge is 0.383 e. The van der Waals surface area contributed by atoms with Gasteiger partial charge in [-0.2, -0.15) is 4.98 Å². The van der Waals surface area contributed by atoms with Gasteiger partial charge in [-0.15, -0.1) is 6.58 Å². The third-order valence-corrected chi connectivity index (χ3v) is 11.4. The second kappa shape index (κ2) is 10.3. The van der Waals surface area contributed by atoms with Gasteiger partial charge in [0.25, 0.3) is 5.56 Å². The average Bonchev–Trinajstić information content (AvgIpc) is 3.75. The summed E-state index contributed by atoms with van der Waals surface area (Å²) in [5.41, 5.74) is 3.54. The van der Waals surface area contributed by atoms with Gasteiger partial charge in [-0.3, -0.25) is 4.79 Å². The van der Waals surface area contributed by atoms with Crippen LogP contribution in [0.4, 0.5) is 17.3 Å². The second-order valence-corrected chi connectivity index (χ2v) is 14.1. The summed E-state index contributed by atoms with van der Waals surface area (Å²) in [5, 5.41) is 15.2. The molecule has 2 saturated heterocycles. The van der Waals surface area contributed by atoms with Crippen LogP contribution in [0, 0.1) is 10.8 Å². The molecular weight excluding hydrogens is 564 g/mol. The van der Waals surface area contributed by atoms with Crippen LogP contribution in [0.25, 0.3) is 16.9 Å². The highest BCUT2D eigenvalue weighted by Gasteiger charge is 2.62. The molecule has 2 aliphatic heterocycles. The molecule has 1 atom stereocenters. The van der Waals surface area contributed by atoms with Crippen molar-refractivity contribution in [2.24, 2.45) is 10.8 Å². The Morgan fingerprint density at radius 2 is 1.69 bits per heavy atom. The Morgan fingerprint density at radius 1 is 0.978 bits per heavy atom. The summed E-state index contributed by atoms with van der Waals surface area (Å²) in [6.07, 6.45) is 11.3. The predicted octanol–water partition coefficient (Wildman–Crippen LogP) is 4.76. The lowest BCUT2D eigenvalue weighted by Crippen LogP contribution is -2.46. The molecule has 1 saturated carbocycles. The zero-order valence-corrected chi connectivity index (χ0v) is 26.3. The molecule has 0 unspecified atom stereocenters. The number of piperidine rings is 2. The molecule has 0 amide bonds. The van der Waals surface area contributed by atoms with E-state index in [0.29, 0.717) is 33.9 Å². The van der Waals surface area contributed by atoms with Crippen LogP contribution in [0.2, 0.25) is 0 Å². The van der Waals surface area contributed by atoms with Crippen molar-refractivity contribution < 1.29 is 5.11 Å². The fourth-order valence-electron chi connectivity index (χ4n) is 8.09. The normalized spacial score (nSPS) is 23.5. The smallest absolute Gasteiger partial charge is 0.278 e. The molecule has 3 aromatic heterocycles. The first-order chi connectivity index (χ1) is 21.7. The highest BCUT2D eigenvalue weighted by Crippen LogP contribution is 2.64. The first-order valence-corrected chi connectivity index (χ1v) is 16.3. The molecule has 2 aliphatic carbocycles. The Balaban J connectivity index is 1.06. The van der Waals surface area contributed by atoms with Crippen LogP contribution in [-0.2, 0) is 18.6 Å². The third kappa shape index (κ3) is 4.60. The van der Waals surface area contributed by atoms with Crippen molar-refractivity contribution in [1.29, 1.82) is 0 Å². The minimum atomic E-state index is -0.999. The van der Waals surface area contributed by atoms with Gasteiger partial charge in [-0.1, -0.05) is 12.1 Å². The summed E-state index contributed by atoms with van der Waals surface area (Å²) in [5.74, 6) is 0.935. The number of aromatic nitrogens is 5. The van der Waals surface area contributed by atoms with Crippen molar-refractivity contribution in [2.45, 2.75) is 64.0 Å². The van der Waals surface area contributed by atoms with Crippen LogP contribution in [0.5, 0.6) is 0 Å². The van der Waals surface area contributed by atoms with E-state index in [2.05, 4.69) is 58.0 Å². The maximum Gasteiger partial charge on any atom is 0.278 e. The Hall–Kier alpha value is -4.02. The quantitative estimate of drug-likeness (QED) is 0.303. The van der Waals surface area contributed by atoms with E-state index in [-0.39, 0.29) is 17.5 Å². The van der Waals surface area contributed by atoms with Crippen molar-refractivity contribution in [3.05, 3.63) is 76.9 Å². The van der Waals surface area contributed by atoms with Gasteiger partial charge in [0.1, 0.15) is 11.0 Å². The van der Waals surface area contributed by atoms with Crippen molar-refractivity contribution >= 4 is 28.4 Å². The molecule has 234 valence electrons. The fourth-order valence-corrected chi connectivity index (χ4v) is 8.09. The molecule has 4 aromatic rings. The van der Waals surface area contributed by atoms with Gasteiger partial charge < -0.3 is 20.2 Å². The first-order valence-electron chi connectivity index (χ1n) is 16.3.